The molecule has 0 aliphatic heterocycles. The summed E-state index contributed by atoms with van der Waals surface area (Å²) in [6, 6.07) is 18.3. The highest BCUT2D eigenvalue weighted by atomic mass is 19.1. The molecule has 150 valence electrons. The Hall–Kier alpha value is -4.00. The minimum Gasteiger partial charge on any atom is -0.497 e. The number of benzene rings is 3. The summed E-state index contributed by atoms with van der Waals surface area (Å²) < 4.78 is 38.0. The maximum atomic E-state index is 13.6. The van der Waals surface area contributed by atoms with E-state index in [2.05, 4.69) is 10.3 Å². The fraction of sp³-hybridized carbons (Fsp3) is 0.0435. The molecular formula is C23H16F2N2O3. The molecule has 1 N–H and O–H groups in total. The van der Waals surface area contributed by atoms with E-state index in [-0.39, 0.29) is 16.8 Å². The lowest BCUT2D eigenvalue weighted by atomic mass is 10.1. The van der Waals surface area contributed by atoms with E-state index in [4.69, 9.17) is 9.15 Å². The van der Waals surface area contributed by atoms with Crippen LogP contribution in [0.2, 0.25) is 0 Å². The molecule has 0 saturated heterocycles. The number of para-hydroxylation sites is 1. The van der Waals surface area contributed by atoms with Crippen LogP contribution >= 0.6 is 0 Å². The van der Waals surface area contributed by atoms with Gasteiger partial charge >= 0.3 is 0 Å². The first-order valence-corrected chi connectivity index (χ1v) is 9.01. The van der Waals surface area contributed by atoms with Gasteiger partial charge in [-0.05, 0) is 48.5 Å². The van der Waals surface area contributed by atoms with Gasteiger partial charge in [0.25, 0.3) is 5.91 Å². The highest BCUT2D eigenvalue weighted by Gasteiger charge is 2.13. The molecule has 0 saturated carbocycles. The number of ether oxygens (including phenoxy) is 1. The summed E-state index contributed by atoms with van der Waals surface area (Å²) in [5.41, 5.74) is 1.06. The molecule has 30 heavy (non-hydrogen) atoms. The molecule has 0 atom stereocenters. The van der Waals surface area contributed by atoms with Crippen molar-refractivity contribution in [3.8, 4) is 5.75 Å². The third kappa shape index (κ3) is 4.20. The van der Waals surface area contributed by atoms with Crippen molar-refractivity contribution in [1.82, 2.24) is 0 Å². The van der Waals surface area contributed by atoms with Gasteiger partial charge in [-0.1, -0.05) is 18.2 Å². The summed E-state index contributed by atoms with van der Waals surface area (Å²) in [4.78, 5) is 17.1. The highest BCUT2D eigenvalue weighted by molar-refractivity contribution is 6.05. The minimum atomic E-state index is -0.779. The number of halogens is 2. The Balaban J connectivity index is 1.81. The number of fused-ring (bicyclic) bond motifs is 1. The maximum Gasteiger partial charge on any atom is 0.261 e. The molecule has 0 radical (unpaired) electrons. The van der Waals surface area contributed by atoms with Gasteiger partial charge in [-0.15, -0.1) is 0 Å². The molecule has 3 aromatic carbocycles. The second-order valence-electron chi connectivity index (χ2n) is 6.43. The van der Waals surface area contributed by atoms with Crippen LogP contribution in [0.4, 0.5) is 20.2 Å². The fourth-order valence-corrected chi connectivity index (χ4v) is 2.91. The zero-order valence-corrected chi connectivity index (χ0v) is 15.9. The Morgan fingerprint density at radius 3 is 2.37 bits per heavy atom. The Kier molecular flexibility index (Phi) is 5.26. The lowest BCUT2D eigenvalue weighted by molar-refractivity contribution is 0.102. The topological polar surface area (TPSA) is 63.8 Å². The fourth-order valence-electron chi connectivity index (χ4n) is 2.91. The van der Waals surface area contributed by atoms with Gasteiger partial charge in [0.1, 0.15) is 28.5 Å². The van der Waals surface area contributed by atoms with E-state index in [9.17, 15) is 13.6 Å². The van der Waals surface area contributed by atoms with Crippen molar-refractivity contribution in [3.63, 3.8) is 0 Å². The van der Waals surface area contributed by atoms with Crippen LogP contribution in [0.25, 0.3) is 11.0 Å². The predicted octanol–water partition coefficient (Wildman–Crippen LogP) is 5.20. The number of anilines is 1. The normalized spacial score (nSPS) is 11.5. The van der Waals surface area contributed by atoms with Crippen LogP contribution in [0.15, 0.2) is 82.2 Å². The number of rotatable bonds is 4. The van der Waals surface area contributed by atoms with E-state index in [1.54, 1.807) is 55.6 Å². The third-order valence-electron chi connectivity index (χ3n) is 4.33. The highest BCUT2D eigenvalue weighted by Crippen LogP contribution is 2.19. The minimum absolute atomic E-state index is 0.00923. The van der Waals surface area contributed by atoms with Crippen molar-refractivity contribution in [2.24, 2.45) is 4.99 Å². The number of hydrogen-bond donors (Lipinski definition) is 1. The van der Waals surface area contributed by atoms with Gasteiger partial charge in [-0.25, -0.2) is 13.8 Å². The molecule has 0 bridgehead atoms. The number of nitrogens with zero attached hydrogens (tertiary/aromatic N) is 1. The average molecular weight is 406 g/mol. The molecule has 0 fully saturated rings. The standard InChI is InChI=1S/C23H16F2N2O3/c1-29-19-8-6-17(7-9-19)26-22(28)20-10-14-4-2-3-5-21(14)30-23(20)27-18-12-15(24)11-16(25)13-18/h2-13H,1H3,(H,26,28). The number of nitrogens with one attached hydrogen (secondary N) is 1. The molecule has 0 spiro atoms. The van der Waals surface area contributed by atoms with Crippen molar-refractivity contribution in [2.75, 3.05) is 12.4 Å². The van der Waals surface area contributed by atoms with Crippen LogP contribution in [-0.4, -0.2) is 13.0 Å². The van der Waals surface area contributed by atoms with Gasteiger partial charge in [-0.2, -0.15) is 0 Å². The Morgan fingerprint density at radius 2 is 1.67 bits per heavy atom. The van der Waals surface area contributed by atoms with Gasteiger partial charge < -0.3 is 14.5 Å². The lowest BCUT2D eigenvalue weighted by Gasteiger charge is -2.08. The van der Waals surface area contributed by atoms with Crippen LogP contribution in [0, 0.1) is 11.6 Å². The number of amides is 1. The van der Waals surface area contributed by atoms with Crippen LogP contribution in [-0.2, 0) is 0 Å². The van der Waals surface area contributed by atoms with E-state index >= 15 is 0 Å². The Bertz CT molecular complexity index is 1280. The second-order valence-corrected chi connectivity index (χ2v) is 6.43. The zero-order chi connectivity index (χ0) is 21.1. The smallest absolute Gasteiger partial charge is 0.261 e. The molecule has 7 heteroatoms. The van der Waals surface area contributed by atoms with Crippen LogP contribution in [0.1, 0.15) is 10.4 Å². The largest absolute Gasteiger partial charge is 0.497 e. The first-order chi connectivity index (χ1) is 14.5. The van der Waals surface area contributed by atoms with Gasteiger partial charge in [0.2, 0.25) is 5.55 Å². The molecule has 1 heterocycles. The van der Waals surface area contributed by atoms with E-state index < -0.39 is 17.5 Å². The summed E-state index contributed by atoms with van der Waals surface area (Å²) in [6.07, 6.45) is 0. The molecule has 4 rings (SSSR count). The SMILES string of the molecule is COc1ccc(NC(=O)c2cc3ccccc3oc2=Nc2cc(F)cc(F)c2)cc1. The van der Waals surface area contributed by atoms with E-state index in [1.807, 2.05) is 6.07 Å². The van der Waals surface area contributed by atoms with Gasteiger partial charge in [0.05, 0.1) is 12.8 Å². The van der Waals surface area contributed by atoms with Crippen molar-refractivity contribution in [1.29, 1.82) is 0 Å². The molecule has 1 amide bonds. The molecule has 0 unspecified atom stereocenters. The lowest BCUT2D eigenvalue weighted by Crippen LogP contribution is -2.21. The van der Waals surface area contributed by atoms with Gasteiger partial charge in [0.15, 0.2) is 0 Å². The van der Waals surface area contributed by atoms with E-state index in [0.29, 0.717) is 22.4 Å². The van der Waals surface area contributed by atoms with Crippen molar-refractivity contribution < 1.29 is 22.7 Å². The van der Waals surface area contributed by atoms with Crippen molar-refractivity contribution in [2.45, 2.75) is 0 Å². The second kappa shape index (κ2) is 8.16. The molecular weight excluding hydrogens is 390 g/mol. The zero-order valence-electron chi connectivity index (χ0n) is 15.9. The van der Waals surface area contributed by atoms with Crippen LogP contribution in [0.5, 0.6) is 5.75 Å². The van der Waals surface area contributed by atoms with Crippen LogP contribution < -0.4 is 15.6 Å². The molecule has 4 aromatic rings. The quantitative estimate of drug-likeness (QED) is 0.506. The molecule has 5 nitrogen and oxygen atoms in total. The number of carbonyl (C=O) groups excluding carboxylic acids is 1. The average Bonchev–Trinajstić information content (AvgIpc) is 2.73. The maximum absolute atomic E-state index is 13.6. The monoisotopic (exact) mass is 406 g/mol. The van der Waals surface area contributed by atoms with Gasteiger partial charge in [0, 0.05) is 17.1 Å². The van der Waals surface area contributed by atoms with E-state index in [1.165, 1.54) is 0 Å². The van der Waals surface area contributed by atoms with Crippen molar-refractivity contribution >= 4 is 28.3 Å². The molecule has 0 aliphatic carbocycles. The first-order valence-electron chi connectivity index (χ1n) is 9.01. The van der Waals surface area contributed by atoms with Gasteiger partial charge in [-0.3, -0.25) is 4.79 Å². The summed E-state index contributed by atoms with van der Waals surface area (Å²) >= 11 is 0. The molecule has 1 aromatic heterocycles. The summed E-state index contributed by atoms with van der Waals surface area (Å²) in [5.74, 6) is -1.39. The summed E-state index contributed by atoms with van der Waals surface area (Å²) in [5, 5.41) is 3.44. The number of carbonyl (C=O) groups is 1. The number of hydrogen-bond acceptors (Lipinski definition) is 4. The number of methoxy groups -OCH3 is 1. The Labute approximate surface area is 170 Å². The van der Waals surface area contributed by atoms with E-state index in [0.717, 1.165) is 18.2 Å². The first kappa shape index (κ1) is 19.3. The summed E-state index contributed by atoms with van der Waals surface area (Å²) in [7, 11) is 1.55. The Morgan fingerprint density at radius 1 is 0.967 bits per heavy atom. The van der Waals surface area contributed by atoms with Crippen LogP contribution in [0.3, 0.4) is 0 Å². The van der Waals surface area contributed by atoms with Crippen molar-refractivity contribution in [3.05, 3.63) is 95.5 Å². The predicted molar refractivity (Wildman–Crippen MR) is 109 cm³/mol. The molecule has 0 aliphatic rings. The summed E-state index contributed by atoms with van der Waals surface area (Å²) in [6.45, 7) is 0. The third-order valence-corrected chi connectivity index (χ3v) is 4.33.